The molecule has 3 aromatic rings. The number of pyridine rings is 1. The Balaban J connectivity index is 1.80. The third-order valence-corrected chi connectivity index (χ3v) is 6.05. The minimum atomic E-state index is -1.92. The van der Waals surface area contributed by atoms with E-state index in [0.717, 1.165) is 5.56 Å². The molecule has 3 heterocycles. The van der Waals surface area contributed by atoms with Crippen molar-refractivity contribution in [2.45, 2.75) is 50.5 Å². The molecule has 2 aromatic heterocycles. The summed E-state index contributed by atoms with van der Waals surface area (Å²) in [5.41, 5.74) is -2.78. The summed E-state index contributed by atoms with van der Waals surface area (Å²) in [5, 5.41) is 26.0. The molecule has 7 nitrogen and oxygen atoms in total. The average Bonchev–Trinajstić information content (AvgIpc) is 3.23. The summed E-state index contributed by atoms with van der Waals surface area (Å²) in [5.74, 6) is 0.576. The Kier molecular flexibility index (Phi) is 5.43. The van der Waals surface area contributed by atoms with Crippen molar-refractivity contribution in [1.82, 2.24) is 20.0 Å². The molecule has 1 aromatic carbocycles. The van der Waals surface area contributed by atoms with E-state index in [2.05, 4.69) is 29.0 Å². The van der Waals surface area contributed by atoms with Crippen LogP contribution in [0.2, 0.25) is 0 Å². The number of hydrogen-bond acceptors (Lipinski definition) is 7. The maximum atomic E-state index is 16.1. The highest BCUT2D eigenvalue weighted by atomic mass is 19.1. The number of hydrogen-bond donors (Lipinski definition) is 2. The lowest BCUT2D eigenvalue weighted by Gasteiger charge is -2.52. The van der Waals surface area contributed by atoms with Gasteiger partial charge < -0.3 is 14.7 Å². The normalized spacial score (nSPS) is 18.4. The molecule has 0 amide bonds. The molecule has 1 fully saturated rings. The van der Waals surface area contributed by atoms with Gasteiger partial charge in [0.15, 0.2) is 11.3 Å². The summed E-state index contributed by atoms with van der Waals surface area (Å²) in [4.78, 5) is 10.3. The second-order valence-electron chi connectivity index (χ2n) is 9.57. The Morgan fingerprint density at radius 1 is 1.09 bits per heavy atom. The van der Waals surface area contributed by atoms with Crippen molar-refractivity contribution in [3.8, 4) is 11.4 Å². The van der Waals surface area contributed by atoms with Crippen LogP contribution in [0, 0.1) is 0 Å². The van der Waals surface area contributed by atoms with E-state index in [1.54, 1.807) is 32.0 Å². The van der Waals surface area contributed by atoms with E-state index >= 15 is 4.39 Å². The van der Waals surface area contributed by atoms with Crippen molar-refractivity contribution in [1.29, 1.82) is 0 Å². The number of aliphatic hydroxyl groups is 2. The van der Waals surface area contributed by atoms with Crippen molar-refractivity contribution >= 4 is 0 Å². The van der Waals surface area contributed by atoms with Crippen LogP contribution in [0.15, 0.2) is 47.2 Å². The van der Waals surface area contributed by atoms with Crippen LogP contribution in [-0.4, -0.2) is 56.0 Å². The summed E-state index contributed by atoms with van der Waals surface area (Å²) in [7, 11) is 1.81. The fourth-order valence-electron chi connectivity index (χ4n) is 4.18. The van der Waals surface area contributed by atoms with Crippen LogP contribution < -0.4 is 0 Å². The topological polar surface area (TPSA) is 95.5 Å². The molecule has 2 N–H and O–H groups in total. The van der Waals surface area contributed by atoms with Gasteiger partial charge in [0.2, 0.25) is 5.82 Å². The zero-order valence-electron chi connectivity index (χ0n) is 19.0. The van der Waals surface area contributed by atoms with Crippen molar-refractivity contribution in [3.63, 3.8) is 0 Å². The van der Waals surface area contributed by atoms with Crippen molar-refractivity contribution in [3.05, 3.63) is 65.3 Å². The quantitative estimate of drug-likeness (QED) is 0.607. The highest BCUT2D eigenvalue weighted by Gasteiger charge is 2.59. The molecular weight excluding hydrogens is 411 g/mol. The Morgan fingerprint density at radius 2 is 1.75 bits per heavy atom. The van der Waals surface area contributed by atoms with Crippen molar-refractivity contribution in [2.75, 3.05) is 20.1 Å². The smallest absolute Gasteiger partial charge is 0.258 e. The number of likely N-dealkylation sites (tertiary alicyclic amines) is 1. The third kappa shape index (κ3) is 3.72. The van der Waals surface area contributed by atoms with Gasteiger partial charge in [0, 0.05) is 36.6 Å². The molecular formula is C24H29FN4O3. The minimum absolute atomic E-state index is 0.0556. The van der Waals surface area contributed by atoms with Crippen LogP contribution in [0.3, 0.4) is 0 Å². The maximum absolute atomic E-state index is 16.1. The lowest BCUT2D eigenvalue weighted by Crippen LogP contribution is -2.68. The predicted octanol–water partition coefficient (Wildman–Crippen LogP) is 3.37. The Hall–Kier alpha value is -2.68. The van der Waals surface area contributed by atoms with Gasteiger partial charge in [0.25, 0.3) is 5.89 Å². The highest BCUT2D eigenvalue weighted by molar-refractivity contribution is 5.56. The second kappa shape index (κ2) is 7.72. The van der Waals surface area contributed by atoms with Gasteiger partial charge in [-0.2, -0.15) is 4.98 Å². The molecule has 0 bridgehead atoms. The number of halogens is 1. The molecule has 1 saturated heterocycles. The minimum Gasteiger partial charge on any atom is -0.381 e. The number of rotatable bonds is 6. The third-order valence-electron chi connectivity index (χ3n) is 6.05. The van der Waals surface area contributed by atoms with Gasteiger partial charge in [0.05, 0.1) is 0 Å². The summed E-state index contributed by atoms with van der Waals surface area (Å²) in [6, 6.07) is 9.03. The summed E-state index contributed by atoms with van der Waals surface area (Å²) < 4.78 is 21.3. The summed E-state index contributed by atoms with van der Waals surface area (Å²) >= 11 is 0. The molecule has 0 spiro atoms. The maximum Gasteiger partial charge on any atom is 0.258 e. The molecule has 1 unspecified atom stereocenters. The van der Waals surface area contributed by atoms with Crippen LogP contribution in [0.25, 0.3) is 11.4 Å². The van der Waals surface area contributed by atoms with Crippen molar-refractivity contribution < 1.29 is 19.1 Å². The lowest BCUT2D eigenvalue weighted by atomic mass is 9.70. The predicted molar refractivity (Wildman–Crippen MR) is 118 cm³/mol. The van der Waals surface area contributed by atoms with Crippen LogP contribution in [-0.2, 0) is 11.2 Å². The zero-order valence-corrected chi connectivity index (χ0v) is 19.0. The number of nitrogens with zero attached hydrogens (tertiary/aromatic N) is 4. The Labute approximate surface area is 186 Å². The SMILES string of the molecule is CC(C)c1ccc(C(O)(c2cncc(-c3noc(C(C)(C)O)n3)c2)C2(F)CN(C)C2)cc1. The van der Waals surface area contributed by atoms with E-state index in [1.165, 1.54) is 12.4 Å². The van der Waals surface area contributed by atoms with Gasteiger partial charge >= 0.3 is 0 Å². The fraction of sp³-hybridized carbons (Fsp3) is 0.458. The van der Waals surface area contributed by atoms with Gasteiger partial charge in [-0.1, -0.05) is 43.3 Å². The molecule has 1 aliphatic heterocycles. The Morgan fingerprint density at radius 3 is 2.28 bits per heavy atom. The molecule has 1 aliphatic rings. The standard InChI is InChI=1S/C24H29FN4O3/c1-15(2)16-6-8-18(9-7-16)24(31,23(25)13-29(5)14-23)19-10-17(11-26-12-19)20-27-21(32-28-20)22(3,4)30/h6-12,15,30-31H,13-14H2,1-5H3. The number of aromatic nitrogens is 3. The molecule has 32 heavy (non-hydrogen) atoms. The first-order valence-electron chi connectivity index (χ1n) is 10.7. The van der Waals surface area contributed by atoms with Crippen LogP contribution in [0.5, 0.6) is 0 Å². The van der Waals surface area contributed by atoms with Gasteiger partial charge in [-0.25, -0.2) is 4.39 Å². The van der Waals surface area contributed by atoms with Crippen molar-refractivity contribution in [2.24, 2.45) is 0 Å². The lowest BCUT2D eigenvalue weighted by molar-refractivity contribution is -0.153. The molecule has 0 saturated carbocycles. The van der Waals surface area contributed by atoms with E-state index in [-0.39, 0.29) is 24.8 Å². The molecule has 4 rings (SSSR count). The van der Waals surface area contributed by atoms with E-state index < -0.39 is 16.9 Å². The van der Waals surface area contributed by atoms with E-state index in [4.69, 9.17) is 4.52 Å². The summed E-state index contributed by atoms with van der Waals surface area (Å²) in [6.45, 7) is 7.42. The second-order valence-corrected chi connectivity index (χ2v) is 9.57. The number of benzene rings is 1. The van der Waals surface area contributed by atoms with Gasteiger partial charge in [-0.05, 0) is 44.0 Å². The molecule has 0 aliphatic carbocycles. The molecule has 8 heteroatoms. The van der Waals surface area contributed by atoms with Crippen LogP contribution in [0.1, 0.15) is 56.2 Å². The molecule has 1 atom stereocenters. The van der Waals surface area contributed by atoms with Crippen LogP contribution >= 0.6 is 0 Å². The van der Waals surface area contributed by atoms with Crippen LogP contribution in [0.4, 0.5) is 4.39 Å². The van der Waals surface area contributed by atoms with E-state index in [9.17, 15) is 10.2 Å². The molecule has 0 radical (unpaired) electrons. The fourth-order valence-corrected chi connectivity index (χ4v) is 4.18. The molecule has 170 valence electrons. The first kappa shape index (κ1) is 22.5. The first-order valence-corrected chi connectivity index (χ1v) is 10.7. The zero-order chi connectivity index (χ0) is 23.3. The monoisotopic (exact) mass is 440 g/mol. The average molecular weight is 441 g/mol. The Bertz CT molecular complexity index is 1100. The summed E-state index contributed by atoms with van der Waals surface area (Å²) in [6.07, 6.45) is 2.99. The number of alkyl halides is 1. The highest BCUT2D eigenvalue weighted by Crippen LogP contribution is 2.47. The largest absolute Gasteiger partial charge is 0.381 e. The van der Waals surface area contributed by atoms with E-state index in [0.29, 0.717) is 22.6 Å². The van der Waals surface area contributed by atoms with Gasteiger partial charge in [-0.3, -0.25) is 9.88 Å². The van der Waals surface area contributed by atoms with Gasteiger partial charge in [-0.15, -0.1) is 0 Å². The first-order chi connectivity index (χ1) is 14.9. The van der Waals surface area contributed by atoms with Gasteiger partial charge in [0.1, 0.15) is 5.60 Å². The van der Waals surface area contributed by atoms with E-state index in [1.807, 2.05) is 24.1 Å².